The van der Waals surface area contributed by atoms with Gasteiger partial charge < -0.3 is 25.4 Å². The van der Waals surface area contributed by atoms with Crippen molar-refractivity contribution in [3.05, 3.63) is 41.2 Å². The molecule has 182 valence electrons. The predicted molar refractivity (Wildman–Crippen MR) is 133 cm³/mol. The van der Waals surface area contributed by atoms with E-state index in [2.05, 4.69) is 4.90 Å². The van der Waals surface area contributed by atoms with Gasteiger partial charge >= 0.3 is 0 Å². The number of nitrogens with two attached hydrogens (primary N) is 2. The van der Waals surface area contributed by atoms with Crippen LogP contribution in [-0.4, -0.2) is 53.2 Å². The molecule has 3 fully saturated rings. The first-order chi connectivity index (χ1) is 16.9. The standard InChI is InChI=1S/C26H29N5O4/c1-13-4-5-17(33-3)14(2)21(13)31-23(27)20(24(28)32)19-22-16(8-11-34-22)26(29-25(19)31)35-18-12-30-9-6-15(18)7-10-30/h4-5,8,11,15,18H,6-7,9-10,12,27H2,1-3H3,(H2,28,32). The normalized spacial score (nSPS) is 21.6. The molecule has 0 radical (unpaired) electrons. The van der Waals surface area contributed by atoms with E-state index in [0.29, 0.717) is 39.6 Å². The number of furan rings is 1. The van der Waals surface area contributed by atoms with E-state index >= 15 is 0 Å². The van der Waals surface area contributed by atoms with Gasteiger partial charge in [-0.15, -0.1) is 0 Å². The number of primary amides is 1. The highest BCUT2D eigenvalue weighted by molar-refractivity contribution is 6.19. The van der Waals surface area contributed by atoms with Crippen molar-refractivity contribution in [2.45, 2.75) is 32.8 Å². The third-order valence-electron chi connectivity index (χ3n) is 7.64. The lowest BCUT2D eigenvalue weighted by Gasteiger charge is -2.44. The second kappa shape index (κ2) is 7.91. The molecule has 3 aromatic heterocycles. The van der Waals surface area contributed by atoms with Gasteiger partial charge in [-0.2, -0.15) is 4.98 Å². The number of hydrogen-bond donors (Lipinski definition) is 2. The number of aryl methyl sites for hydroxylation is 1. The molecule has 6 heterocycles. The van der Waals surface area contributed by atoms with Crippen LogP contribution in [0.1, 0.15) is 34.3 Å². The van der Waals surface area contributed by atoms with Gasteiger partial charge in [-0.05, 0) is 63.4 Å². The minimum atomic E-state index is -0.644. The molecule has 4 N–H and O–H groups in total. The van der Waals surface area contributed by atoms with Crippen molar-refractivity contribution in [1.29, 1.82) is 0 Å². The maximum absolute atomic E-state index is 12.6. The van der Waals surface area contributed by atoms with Crippen LogP contribution in [0, 0.1) is 19.8 Å². The Kier molecular flexibility index (Phi) is 4.93. The summed E-state index contributed by atoms with van der Waals surface area (Å²) in [5.74, 6) is 1.25. The van der Waals surface area contributed by atoms with Gasteiger partial charge in [-0.3, -0.25) is 14.3 Å². The summed E-state index contributed by atoms with van der Waals surface area (Å²) in [5.41, 5.74) is 16.2. The topological polar surface area (TPSA) is 122 Å². The maximum Gasteiger partial charge on any atom is 0.253 e. The molecule has 7 rings (SSSR count). The molecule has 2 bridgehead atoms. The van der Waals surface area contributed by atoms with Crippen LogP contribution in [-0.2, 0) is 0 Å². The number of rotatable bonds is 5. The van der Waals surface area contributed by atoms with Crippen molar-refractivity contribution in [2.24, 2.45) is 11.7 Å². The van der Waals surface area contributed by atoms with Crippen LogP contribution in [0.15, 0.2) is 28.9 Å². The molecule has 35 heavy (non-hydrogen) atoms. The van der Waals surface area contributed by atoms with Gasteiger partial charge in [0.2, 0.25) is 5.88 Å². The lowest BCUT2D eigenvalue weighted by molar-refractivity contribution is -0.00899. The Hall–Kier alpha value is -3.72. The first kappa shape index (κ1) is 21.8. The molecule has 0 spiro atoms. The zero-order chi connectivity index (χ0) is 24.4. The van der Waals surface area contributed by atoms with Gasteiger partial charge in [0.1, 0.15) is 17.7 Å². The van der Waals surface area contributed by atoms with Crippen molar-refractivity contribution < 1.29 is 18.7 Å². The molecule has 1 amide bonds. The molecule has 3 aliphatic heterocycles. The number of ether oxygens (including phenoxy) is 2. The Balaban J connectivity index is 1.63. The van der Waals surface area contributed by atoms with E-state index in [9.17, 15) is 4.79 Å². The van der Waals surface area contributed by atoms with Crippen LogP contribution in [0.3, 0.4) is 0 Å². The number of nitrogen functional groups attached to an aromatic ring is 1. The van der Waals surface area contributed by atoms with E-state index in [1.54, 1.807) is 17.9 Å². The highest BCUT2D eigenvalue weighted by Gasteiger charge is 2.37. The molecule has 4 aromatic rings. The van der Waals surface area contributed by atoms with Crippen molar-refractivity contribution >= 4 is 33.7 Å². The van der Waals surface area contributed by atoms with E-state index in [1.165, 1.54) is 0 Å². The van der Waals surface area contributed by atoms with Crippen molar-refractivity contribution in [3.63, 3.8) is 0 Å². The Morgan fingerprint density at radius 1 is 1.20 bits per heavy atom. The lowest BCUT2D eigenvalue weighted by Crippen LogP contribution is -2.52. The summed E-state index contributed by atoms with van der Waals surface area (Å²) in [4.78, 5) is 20.0. The van der Waals surface area contributed by atoms with E-state index < -0.39 is 5.91 Å². The van der Waals surface area contributed by atoms with E-state index in [0.717, 1.165) is 49.3 Å². The number of carbonyl (C=O) groups excluding carboxylic acids is 1. The average molecular weight is 476 g/mol. The molecule has 1 unspecified atom stereocenters. The lowest BCUT2D eigenvalue weighted by atomic mass is 9.86. The van der Waals surface area contributed by atoms with Crippen LogP contribution in [0.2, 0.25) is 0 Å². The van der Waals surface area contributed by atoms with E-state index in [-0.39, 0.29) is 17.5 Å². The molecular formula is C26H29N5O4. The predicted octanol–water partition coefficient (Wildman–Crippen LogP) is 3.55. The van der Waals surface area contributed by atoms with Crippen molar-refractivity contribution in [2.75, 3.05) is 32.5 Å². The highest BCUT2D eigenvalue weighted by atomic mass is 16.5. The molecule has 0 saturated carbocycles. The number of hydrogen-bond acceptors (Lipinski definition) is 7. The molecule has 9 heteroatoms. The van der Waals surface area contributed by atoms with Crippen molar-refractivity contribution in [1.82, 2.24) is 14.5 Å². The van der Waals surface area contributed by atoms with Crippen molar-refractivity contribution in [3.8, 4) is 17.3 Å². The van der Waals surface area contributed by atoms with Gasteiger partial charge in [0, 0.05) is 12.1 Å². The smallest absolute Gasteiger partial charge is 0.253 e. The van der Waals surface area contributed by atoms with Crippen LogP contribution in [0.4, 0.5) is 5.82 Å². The number of aromatic nitrogens is 2. The summed E-state index contributed by atoms with van der Waals surface area (Å²) in [7, 11) is 1.62. The number of pyridine rings is 1. The average Bonchev–Trinajstić information content (AvgIpc) is 3.44. The van der Waals surface area contributed by atoms with Gasteiger partial charge in [0.15, 0.2) is 11.2 Å². The number of carbonyl (C=O) groups is 1. The molecule has 0 aliphatic carbocycles. The highest BCUT2D eigenvalue weighted by Crippen LogP contribution is 2.42. The van der Waals surface area contributed by atoms with Gasteiger partial charge in [0.25, 0.3) is 5.91 Å². The second-order valence-corrected chi connectivity index (χ2v) is 9.59. The van der Waals surface area contributed by atoms with E-state index in [4.69, 9.17) is 30.3 Å². The van der Waals surface area contributed by atoms with Gasteiger partial charge in [-0.1, -0.05) is 6.07 Å². The van der Waals surface area contributed by atoms with Crippen LogP contribution in [0.5, 0.6) is 11.6 Å². The summed E-state index contributed by atoms with van der Waals surface area (Å²) in [5, 5.41) is 1.19. The number of fused-ring (bicyclic) bond motifs is 6. The fraction of sp³-hybridized carbons (Fsp3) is 0.385. The number of amides is 1. The molecule has 3 aliphatic rings. The fourth-order valence-corrected chi connectivity index (χ4v) is 5.86. The summed E-state index contributed by atoms with van der Waals surface area (Å²) in [6.45, 7) is 7.05. The zero-order valence-electron chi connectivity index (χ0n) is 20.1. The van der Waals surface area contributed by atoms with Gasteiger partial charge in [0.05, 0.1) is 35.4 Å². The summed E-state index contributed by atoms with van der Waals surface area (Å²) in [6.07, 6.45) is 3.88. The number of nitrogens with zero attached hydrogens (tertiary/aromatic N) is 3. The third-order valence-corrected chi connectivity index (χ3v) is 7.64. The van der Waals surface area contributed by atoms with E-state index in [1.807, 2.05) is 32.0 Å². The monoisotopic (exact) mass is 475 g/mol. The molecule has 1 aromatic carbocycles. The van der Waals surface area contributed by atoms with Crippen LogP contribution in [0.25, 0.3) is 27.7 Å². The number of methoxy groups -OCH3 is 1. The first-order valence-electron chi connectivity index (χ1n) is 11.9. The molecular weight excluding hydrogens is 446 g/mol. The maximum atomic E-state index is 12.6. The third kappa shape index (κ3) is 3.18. The largest absolute Gasteiger partial charge is 0.496 e. The summed E-state index contributed by atoms with van der Waals surface area (Å²) < 4.78 is 19.8. The number of anilines is 1. The second-order valence-electron chi connectivity index (χ2n) is 9.59. The quantitative estimate of drug-likeness (QED) is 0.453. The minimum Gasteiger partial charge on any atom is -0.496 e. The number of benzene rings is 1. The van der Waals surface area contributed by atoms with Gasteiger partial charge in [-0.25, -0.2) is 0 Å². The van der Waals surface area contributed by atoms with Crippen LogP contribution >= 0.6 is 0 Å². The van der Waals surface area contributed by atoms with Crippen LogP contribution < -0.4 is 20.9 Å². The SMILES string of the molecule is COc1ccc(C)c(-n2c(N)c(C(N)=O)c3c4occc4c(OC4CN5CCC4CC5)nc32)c1C. The first-order valence-corrected chi connectivity index (χ1v) is 11.9. The Bertz CT molecular complexity index is 1480. The fourth-order valence-electron chi connectivity index (χ4n) is 5.86. The Morgan fingerprint density at radius 3 is 2.63 bits per heavy atom. The molecule has 1 atom stereocenters. The molecule has 9 nitrogen and oxygen atoms in total. The number of piperidine rings is 3. The zero-order valence-corrected chi connectivity index (χ0v) is 20.1. The molecule has 3 saturated heterocycles. The Morgan fingerprint density at radius 2 is 1.97 bits per heavy atom. The summed E-state index contributed by atoms with van der Waals surface area (Å²) >= 11 is 0. The minimum absolute atomic E-state index is 0.0530. The Labute approximate surface area is 202 Å². The summed E-state index contributed by atoms with van der Waals surface area (Å²) in [6, 6.07) is 5.68.